The summed E-state index contributed by atoms with van der Waals surface area (Å²) in [5.41, 5.74) is 7.14. The molecule has 0 amide bonds. The van der Waals surface area contributed by atoms with Crippen LogP contribution >= 0.6 is 0 Å². The van der Waals surface area contributed by atoms with Crippen LogP contribution in [0.1, 0.15) is 43.5 Å². The summed E-state index contributed by atoms with van der Waals surface area (Å²) < 4.78 is 0. The minimum absolute atomic E-state index is 0.0537. The molecule has 0 saturated heterocycles. The van der Waals surface area contributed by atoms with E-state index in [1.807, 2.05) is 18.3 Å². The highest BCUT2D eigenvalue weighted by molar-refractivity contribution is 6.13. The van der Waals surface area contributed by atoms with Crippen LogP contribution in [-0.4, -0.2) is 12.1 Å². The Labute approximate surface area is 202 Å². The third-order valence-corrected chi connectivity index (χ3v) is 6.27. The van der Waals surface area contributed by atoms with E-state index in [2.05, 4.69) is 133 Å². The van der Waals surface area contributed by atoms with E-state index in [1.54, 1.807) is 0 Å². The first-order chi connectivity index (χ1) is 16.5. The molecule has 0 aromatic heterocycles. The molecule has 1 unspecified atom stereocenters. The maximum Gasteiger partial charge on any atom is 0.163 e. The number of hydrogen-bond donors (Lipinski definition) is 0. The van der Waals surface area contributed by atoms with Crippen molar-refractivity contribution in [2.75, 3.05) is 4.90 Å². The molecule has 5 rings (SSSR count). The fourth-order valence-corrected chi connectivity index (χ4v) is 4.32. The molecule has 0 fully saturated rings. The molecule has 3 heteroatoms. The van der Waals surface area contributed by atoms with Gasteiger partial charge in [0.05, 0.1) is 12.3 Å². The van der Waals surface area contributed by atoms with Crippen molar-refractivity contribution >= 4 is 17.7 Å². The molecule has 0 bridgehead atoms. The van der Waals surface area contributed by atoms with Gasteiger partial charge in [-0.15, -0.1) is 5.10 Å². The van der Waals surface area contributed by atoms with Crippen molar-refractivity contribution in [2.45, 2.75) is 32.2 Å². The predicted octanol–water partition coefficient (Wildman–Crippen LogP) is 7.65. The van der Waals surface area contributed by atoms with Crippen LogP contribution in [0.3, 0.4) is 0 Å². The molecule has 1 aliphatic heterocycles. The van der Waals surface area contributed by atoms with Gasteiger partial charge in [-0.25, -0.2) is 0 Å². The summed E-state index contributed by atoms with van der Waals surface area (Å²) in [5, 5.41) is 9.04. The maximum absolute atomic E-state index is 4.60. The topological polar surface area (TPSA) is 28.0 Å². The lowest BCUT2D eigenvalue weighted by Crippen LogP contribution is -2.38. The van der Waals surface area contributed by atoms with E-state index in [4.69, 9.17) is 0 Å². The largest absolute Gasteiger partial charge is 0.312 e. The molecule has 1 aliphatic rings. The third-order valence-electron chi connectivity index (χ3n) is 6.27. The van der Waals surface area contributed by atoms with Crippen molar-refractivity contribution in [3.05, 3.63) is 126 Å². The minimum atomic E-state index is -0.0537. The van der Waals surface area contributed by atoms with Gasteiger partial charge >= 0.3 is 0 Å². The average molecular weight is 444 g/mol. The van der Waals surface area contributed by atoms with Crippen LogP contribution in [0.25, 0.3) is 11.1 Å². The van der Waals surface area contributed by atoms with Crippen LogP contribution in [0, 0.1) is 0 Å². The highest BCUT2D eigenvalue weighted by Crippen LogP contribution is 2.32. The number of rotatable bonds is 4. The van der Waals surface area contributed by atoms with Crippen molar-refractivity contribution < 1.29 is 0 Å². The Balaban J connectivity index is 1.53. The molecule has 0 N–H and O–H groups in total. The van der Waals surface area contributed by atoms with Crippen LogP contribution < -0.4 is 4.90 Å². The smallest absolute Gasteiger partial charge is 0.163 e. The zero-order valence-electron chi connectivity index (χ0n) is 19.9. The zero-order valence-corrected chi connectivity index (χ0v) is 19.9. The van der Waals surface area contributed by atoms with E-state index >= 15 is 0 Å². The van der Waals surface area contributed by atoms with Gasteiger partial charge in [-0.3, -0.25) is 0 Å². The second-order valence-corrected chi connectivity index (χ2v) is 9.65. The minimum Gasteiger partial charge on any atom is -0.312 e. The van der Waals surface area contributed by atoms with E-state index in [1.165, 1.54) is 22.3 Å². The molecule has 0 aliphatic carbocycles. The van der Waals surface area contributed by atoms with E-state index in [0.717, 1.165) is 17.1 Å². The van der Waals surface area contributed by atoms with Gasteiger partial charge in [0.1, 0.15) is 0 Å². The molecule has 3 nitrogen and oxygen atoms in total. The Hall–Kier alpha value is -3.98. The first-order valence-corrected chi connectivity index (χ1v) is 11.7. The van der Waals surface area contributed by atoms with Gasteiger partial charge in [-0.2, -0.15) is 5.10 Å². The molecular formula is C31H29N3. The lowest BCUT2D eigenvalue weighted by atomic mass is 9.86. The molecule has 0 spiro atoms. The normalized spacial score (nSPS) is 15.8. The Morgan fingerprint density at radius 3 is 1.79 bits per heavy atom. The Bertz CT molecular complexity index is 1300. The fraction of sp³-hybridized carbons (Fsp3) is 0.161. The van der Waals surface area contributed by atoms with Gasteiger partial charge in [0.25, 0.3) is 0 Å². The molecule has 4 aromatic rings. The third kappa shape index (κ3) is 4.42. The molecule has 0 radical (unpaired) electrons. The average Bonchev–Trinajstić information content (AvgIpc) is 2.89. The number of amidine groups is 1. The predicted molar refractivity (Wildman–Crippen MR) is 144 cm³/mol. The van der Waals surface area contributed by atoms with Gasteiger partial charge in [-0.05, 0) is 39.8 Å². The first kappa shape index (κ1) is 21.8. The van der Waals surface area contributed by atoms with Crippen LogP contribution in [0.15, 0.2) is 119 Å². The van der Waals surface area contributed by atoms with Gasteiger partial charge in [-0.1, -0.05) is 118 Å². The highest BCUT2D eigenvalue weighted by atomic mass is 15.4. The van der Waals surface area contributed by atoms with Crippen LogP contribution in [0.2, 0.25) is 0 Å². The second kappa shape index (κ2) is 9.11. The molecule has 0 saturated carbocycles. The number of anilines is 1. The van der Waals surface area contributed by atoms with Crippen molar-refractivity contribution in [3.63, 3.8) is 0 Å². The summed E-state index contributed by atoms with van der Waals surface area (Å²) in [6, 6.07) is 38.3. The number of benzene rings is 4. The summed E-state index contributed by atoms with van der Waals surface area (Å²) in [4.78, 5) is 2.27. The fourth-order valence-electron chi connectivity index (χ4n) is 4.32. The lowest BCUT2D eigenvalue weighted by molar-refractivity contribution is 0.590. The van der Waals surface area contributed by atoms with Crippen molar-refractivity contribution in [2.24, 2.45) is 10.2 Å². The summed E-state index contributed by atoms with van der Waals surface area (Å²) >= 11 is 0. The van der Waals surface area contributed by atoms with E-state index in [0.29, 0.717) is 0 Å². The Morgan fingerprint density at radius 1 is 0.618 bits per heavy atom. The quantitative estimate of drug-likeness (QED) is 0.318. The van der Waals surface area contributed by atoms with Gasteiger partial charge in [0.15, 0.2) is 5.84 Å². The second-order valence-electron chi connectivity index (χ2n) is 9.65. The molecular weight excluding hydrogens is 414 g/mol. The van der Waals surface area contributed by atoms with Crippen molar-refractivity contribution in [1.82, 2.24) is 0 Å². The monoisotopic (exact) mass is 443 g/mol. The zero-order chi connectivity index (χ0) is 23.5. The molecule has 168 valence electrons. The van der Waals surface area contributed by atoms with Crippen molar-refractivity contribution in [3.8, 4) is 11.1 Å². The van der Waals surface area contributed by atoms with E-state index in [-0.39, 0.29) is 11.5 Å². The molecule has 34 heavy (non-hydrogen) atoms. The van der Waals surface area contributed by atoms with Gasteiger partial charge < -0.3 is 4.90 Å². The van der Waals surface area contributed by atoms with E-state index < -0.39 is 0 Å². The summed E-state index contributed by atoms with van der Waals surface area (Å²) in [5.74, 6) is 0.853. The van der Waals surface area contributed by atoms with Crippen molar-refractivity contribution in [1.29, 1.82) is 0 Å². The number of nitrogens with zero attached hydrogens (tertiary/aromatic N) is 3. The lowest BCUT2D eigenvalue weighted by Gasteiger charge is -2.34. The number of para-hydroxylation sites is 1. The van der Waals surface area contributed by atoms with E-state index in [9.17, 15) is 0 Å². The maximum atomic E-state index is 4.60. The van der Waals surface area contributed by atoms with Crippen LogP contribution in [-0.2, 0) is 5.41 Å². The summed E-state index contributed by atoms with van der Waals surface area (Å²) in [6.45, 7) is 6.70. The molecule has 1 heterocycles. The van der Waals surface area contributed by atoms with Crippen LogP contribution in [0.4, 0.5) is 5.69 Å². The molecule has 1 atom stereocenters. The first-order valence-electron chi connectivity index (χ1n) is 11.7. The van der Waals surface area contributed by atoms with Gasteiger partial charge in [0, 0.05) is 11.3 Å². The Kier molecular flexibility index (Phi) is 5.85. The molecule has 4 aromatic carbocycles. The van der Waals surface area contributed by atoms with Crippen LogP contribution in [0.5, 0.6) is 0 Å². The number of hydrogen-bond acceptors (Lipinski definition) is 3. The summed E-state index contributed by atoms with van der Waals surface area (Å²) in [6.07, 6.45) is 1.93. The highest BCUT2D eigenvalue weighted by Gasteiger charge is 2.28. The Morgan fingerprint density at radius 2 is 1.18 bits per heavy atom. The van der Waals surface area contributed by atoms with Gasteiger partial charge in [0.2, 0.25) is 0 Å². The SMILES string of the molecule is CC(C)(C)c1ccc(C2=NN=CC(c3ccc(-c4ccccc4)cc3)N2c2ccccc2)cc1. The standard InChI is InChI=1S/C31H29N3/c1-31(2,3)27-20-18-26(19-21-27)30-33-32-22-29(34(30)28-12-8-5-9-13-28)25-16-14-24(15-17-25)23-10-6-4-7-11-23/h4-22,29H,1-3H3. The summed E-state index contributed by atoms with van der Waals surface area (Å²) in [7, 11) is 0.